The van der Waals surface area contributed by atoms with E-state index in [4.69, 9.17) is 11.6 Å². The molecule has 3 nitrogen and oxygen atoms in total. The number of aryl methyl sites for hydroxylation is 2. The molecule has 0 N–H and O–H groups in total. The van der Waals surface area contributed by atoms with E-state index in [1.165, 1.54) is 0 Å². The summed E-state index contributed by atoms with van der Waals surface area (Å²) in [5, 5.41) is 0. The SMILES string of the molecule is Cc1ccc(C(=O)C(Cl)S(=O)[O-])cc1C. The van der Waals surface area contributed by atoms with Crippen LogP contribution in [0.1, 0.15) is 21.5 Å². The summed E-state index contributed by atoms with van der Waals surface area (Å²) in [6, 6.07) is 4.98. The maximum Gasteiger partial charge on any atom is 0.192 e. The molecule has 0 fully saturated rings. The highest BCUT2D eigenvalue weighted by molar-refractivity contribution is 7.82. The van der Waals surface area contributed by atoms with Gasteiger partial charge in [0.1, 0.15) is 0 Å². The third-order valence-corrected chi connectivity index (χ3v) is 3.35. The predicted molar refractivity (Wildman–Crippen MR) is 58.8 cm³/mol. The van der Waals surface area contributed by atoms with E-state index in [0.717, 1.165) is 11.1 Å². The van der Waals surface area contributed by atoms with Gasteiger partial charge in [0, 0.05) is 5.56 Å². The molecule has 0 radical (unpaired) electrons. The van der Waals surface area contributed by atoms with Crippen molar-refractivity contribution in [1.82, 2.24) is 0 Å². The van der Waals surface area contributed by atoms with Gasteiger partial charge in [-0.05, 0) is 42.1 Å². The fourth-order valence-corrected chi connectivity index (χ4v) is 1.55. The third-order valence-electron chi connectivity index (χ3n) is 2.17. The Morgan fingerprint density at radius 3 is 2.47 bits per heavy atom. The van der Waals surface area contributed by atoms with Crippen LogP contribution in [0.15, 0.2) is 18.2 Å². The molecular weight excluding hydrogens is 236 g/mol. The Morgan fingerprint density at radius 1 is 1.40 bits per heavy atom. The largest absolute Gasteiger partial charge is 0.771 e. The van der Waals surface area contributed by atoms with Crippen LogP contribution >= 0.6 is 11.6 Å². The number of carbonyl (C=O) groups excluding carboxylic acids is 1. The Hall–Kier alpha value is -0.710. The van der Waals surface area contributed by atoms with Gasteiger partial charge in [-0.25, -0.2) is 0 Å². The second-order valence-corrected chi connectivity index (χ2v) is 4.93. The highest BCUT2D eigenvalue weighted by Crippen LogP contribution is 2.15. The molecule has 2 atom stereocenters. The normalized spacial score (nSPS) is 14.7. The Bertz CT molecular complexity index is 417. The van der Waals surface area contributed by atoms with E-state index in [0.29, 0.717) is 5.56 Å². The summed E-state index contributed by atoms with van der Waals surface area (Å²) < 4.78 is 19.5. The van der Waals surface area contributed by atoms with Crippen molar-refractivity contribution in [2.24, 2.45) is 0 Å². The highest BCUT2D eigenvalue weighted by atomic mass is 35.5. The van der Waals surface area contributed by atoms with E-state index in [1.54, 1.807) is 18.2 Å². The molecule has 2 unspecified atom stereocenters. The third kappa shape index (κ3) is 2.87. The lowest BCUT2D eigenvalue weighted by Crippen LogP contribution is -2.19. The van der Waals surface area contributed by atoms with Gasteiger partial charge in [0.2, 0.25) is 0 Å². The molecule has 0 amide bonds. The molecule has 0 saturated heterocycles. The van der Waals surface area contributed by atoms with Gasteiger partial charge in [0.05, 0.1) is 0 Å². The zero-order valence-corrected chi connectivity index (χ0v) is 9.89. The molecule has 0 spiro atoms. The van der Waals surface area contributed by atoms with Crippen LogP contribution in [0.3, 0.4) is 0 Å². The lowest BCUT2D eigenvalue weighted by Gasteiger charge is -2.12. The first-order chi connectivity index (χ1) is 6.93. The van der Waals surface area contributed by atoms with Gasteiger partial charge in [-0.2, -0.15) is 0 Å². The molecular formula is C10H10ClO3S-. The topological polar surface area (TPSA) is 57.2 Å². The molecule has 1 aromatic rings. The number of rotatable bonds is 3. The van der Waals surface area contributed by atoms with Crippen LogP contribution in [0, 0.1) is 13.8 Å². The van der Waals surface area contributed by atoms with Crippen molar-refractivity contribution in [3.05, 3.63) is 34.9 Å². The van der Waals surface area contributed by atoms with Crippen LogP contribution in [0.4, 0.5) is 0 Å². The predicted octanol–water partition coefficient (Wildman–Crippen LogP) is 1.93. The first-order valence-corrected chi connectivity index (χ1v) is 5.84. The summed E-state index contributed by atoms with van der Waals surface area (Å²) in [6.45, 7) is 3.76. The molecule has 5 heteroatoms. The molecule has 1 rings (SSSR count). The van der Waals surface area contributed by atoms with Crippen molar-refractivity contribution in [3.8, 4) is 0 Å². The molecule has 0 aliphatic rings. The summed E-state index contributed by atoms with van der Waals surface area (Å²) in [5.74, 6) is -0.590. The molecule has 82 valence electrons. The van der Waals surface area contributed by atoms with E-state index in [1.807, 2.05) is 13.8 Å². The van der Waals surface area contributed by atoms with E-state index in [-0.39, 0.29) is 0 Å². The molecule has 0 aliphatic carbocycles. The summed E-state index contributed by atoms with van der Waals surface area (Å²) in [7, 11) is 0. The van der Waals surface area contributed by atoms with Gasteiger partial charge in [-0.3, -0.25) is 9.00 Å². The van der Waals surface area contributed by atoms with E-state index in [2.05, 4.69) is 0 Å². The van der Waals surface area contributed by atoms with Gasteiger partial charge >= 0.3 is 0 Å². The van der Waals surface area contributed by atoms with E-state index in [9.17, 15) is 13.6 Å². The Morgan fingerprint density at radius 2 is 2.00 bits per heavy atom. The summed E-state index contributed by atoms with van der Waals surface area (Å²) in [6.07, 6.45) is 0. The van der Waals surface area contributed by atoms with E-state index >= 15 is 0 Å². The minimum atomic E-state index is -2.59. The second-order valence-electron chi connectivity index (χ2n) is 3.24. The maximum atomic E-state index is 11.5. The van der Waals surface area contributed by atoms with Gasteiger partial charge < -0.3 is 4.55 Å². The number of hydrogen-bond donors (Lipinski definition) is 0. The van der Waals surface area contributed by atoms with E-state index < -0.39 is 21.6 Å². The number of alkyl halides is 1. The zero-order valence-electron chi connectivity index (χ0n) is 8.32. The number of Topliss-reactive ketones (excluding diaryl/α,β-unsaturated/α-hetero) is 1. The molecule has 0 saturated carbocycles. The van der Waals surface area contributed by atoms with Gasteiger partial charge in [-0.1, -0.05) is 12.1 Å². The molecule has 0 heterocycles. The maximum absolute atomic E-state index is 11.5. The number of halogens is 1. The summed E-state index contributed by atoms with van der Waals surface area (Å²) in [5.41, 5.74) is 2.30. The Kier molecular flexibility index (Phi) is 4.02. The molecule has 0 bridgehead atoms. The minimum Gasteiger partial charge on any atom is -0.771 e. The van der Waals surface area contributed by atoms with Crippen LogP contribution in [0.25, 0.3) is 0 Å². The van der Waals surface area contributed by atoms with Crippen molar-refractivity contribution in [2.75, 3.05) is 0 Å². The van der Waals surface area contributed by atoms with Crippen LogP contribution in [-0.4, -0.2) is 19.3 Å². The van der Waals surface area contributed by atoms with Crippen molar-refractivity contribution < 1.29 is 13.6 Å². The summed E-state index contributed by atoms with van der Waals surface area (Å²) >= 11 is 2.84. The summed E-state index contributed by atoms with van der Waals surface area (Å²) in [4.78, 5) is 11.5. The van der Waals surface area contributed by atoms with Crippen molar-refractivity contribution in [1.29, 1.82) is 0 Å². The fraction of sp³-hybridized carbons (Fsp3) is 0.300. The zero-order chi connectivity index (χ0) is 11.6. The average molecular weight is 246 g/mol. The first kappa shape index (κ1) is 12.4. The molecule has 1 aromatic carbocycles. The quantitative estimate of drug-likeness (QED) is 0.465. The monoisotopic (exact) mass is 245 g/mol. The van der Waals surface area contributed by atoms with Gasteiger partial charge in [0.25, 0.3) is 0 Å². The van der Waals surface area contributed by atoms with Crippen LogP contribution in [0.2, 0.25) is 0 Å². The van der Waals surface area contributed by atoms with Crippen molar-refractivity contribution in [3.63, 3.8) is 0 Å². The molecule has 0 aliphatic heterocycles. The Labute approximate surface area is 95.7 Å². The van der Waals surface area contributed by atoms with Crippen LogP contribution < -0.4 is 0 Å². The number of hydrogen-bond acceptors (Lipinski definition) is 3. The van der Waals surface area contributed by atoms with Crippen molar-refractivity contribution in [2.45, 2.75) is 18.6 Å². The van der Waals surface area contributed by atoms with Crippen LogP contribution in [-0.2, 0) is 11.1 Å². The smallest absolute Gasteiger partial charge is 0.192 e. The highest BCUT2D eigenvalue weighted by Gasteiger charge is 2.18. The fourth-order valence-electron chi connectivity index (χ4n) is 1.11. The number of benzene rings is 1. The van der Waals surface area contributed by atoms with Gasteiger partial charge in [-0.15, -0.1) is 11.6 Å². The number of carbonyl (C=O) groups is 1. The Balaban J connectivity index is 3.02. The number of ketones is 1. The second kappa shape index (κ2) is 4.88. The van der Waals surface area contributed by atoms with Gasteiger partial charge in [0.15, 0.2) is 10.5 Å². The first-order valence-electron chi connectivity index (χ1n) is 4.27. The van der Waals surface area contributed by atoms with Crippen molar-refractivity contribution >= 4 is 28.5 Å². The lowest BCUT2D eigenvalue weighted by molar-refractivity contribution is 0.101. The molecule has 15 heavy (non-hydrogen) atoms. The standard InChI is InChI=1S/C10H11ClO3S/c1-6-3-4-8(5-7(6)2)9(12)10(11)15(13)14/h3-5,10H,1-2H3,(H,13,14)/p-1. The lowest BCUT2D eigenvalue weighted by atomic mass is 10.0. The minimum absolute atomic E-state index is 0.322. The average Bonchev–Trinajstić information content (AvgIpc) is 2.19. The molecule has 0 aromatic heterocycles. The van der Waals surface area contributed by atoms with Crippen LogP contribution in [0.5, 0.6) is 0 Å².